The lowest BCUT2D eigenvalue weighted by atomic mass is 10.0. The summed E-state index contributed by atoms with van der Waals surface area (Å²) in [5, 5.41) is 0. The molecule has 3 rings (SSSR count). The number of ketones is 1. The number of allylic oxidation sites excluding steroid dienone is 1. The fraction of sp³-hybridized carbons (Fsp3) is 0.158. The molecule has 0 spiro atoms. The molecule has 0 aliphatic carbocycles. The summed E-state index contributed by atoms with van der Waals surface area (Å²) in [5.41, 5.74) is 1.09. The van der Waals surface area contributed by atoms with E-state index in [2.05, 4.69) is 0 Å². The average molecular weight is 340 g/mol. The maximum Gasteiger partial charge on any atom is 0.338 e. The highest BCUT2D eigenvalue weighted by Crippen LogP contribution is 2.34. The normalized spacial score (nSPS) is 12.6. The molecule has 128 valence electrons. The van der Waals surface area contributed by atoms with E-state index >= 15 is 0 Å². The van der Waals surface area contributed by atoms with Crippen molar-refractivity contribution >= 4 is 17.3 Å². The maximum atomic E-state index is 12.5. The minimum atomic E-state index is -0.610. The van der Waals surface area contributed by atoms with Crippen molar-refractivity contribution in [2.24, 2.45) is 0 Å². The monoisotopic (exact) mass is 340 g/mol. The second-order valence-electron chi connectivity index (χ2n) is 5.21. The van der Waals surface area contributed by atoms with Crippen molar-refractivity contribution < 1.29 is 28.5 Å². The van der Waals surface area contributed by atoms with Crippen molar-refractivity contribution in [1.82, 2.24) is 0 Å². The minimum absolute atomic E-state index is 0.126. The number of methoxy groups -OCH3 is 2. The Bertz CT molecular complexity index is 835. The molecule has 0 saturated carbocycles. The first-order valence-corrected chi connectivity index (χ1v) is 7.51. The van der Waals surface area contributed by atoms with E-state index in [9.17, 15) is 9.59 Å². The van der Waals surface area contributed by atoms with Gasteiger partial charge in [-0.15, -0.1) is 0 Å². The molecule has 2 aromatic carbocycles. The molecule has 0 amide bonds. The van der Waals surface area contributed by atoms with E-state index in [0.29, 0.717) is 28.4 Å². The second-order valence-corrected chi connectivity index (χ2v) is 5.21. The Morgan fingerprint density at radius 2 is 1.64 bits per heavy atom. The van der Waals surface area contributed by atoms with Crippen LogP contribution < -0.4 is 14.2 Å². The number of benzene rings is 2. The smallest absolute Gasteiger partial charge is 0.338 e. The van der Waals surface area contributed by atoms with Gasteiger partial charge in [0.2, 0.25) is 6.79 Å². The van der Waals surface area contributed by atoms with Crippen molar-refractivity contribution in [2.75, 3.05) is 21.0 Å². The van der Waals surface area contributed by atoms with Crippen molar-refractivity contribution in [3.05, 3.63) is 59.7 Å². The summed E-state index contributed by atoms with van der Waals surface area (Å²) in [6, 6.07) is 11.6. The zero-order chi connectivity index (χ0) is 17.8. The topological polar surface area (TPSA) is 71.1 Å². The van der Waals surface area contributed by atoms with Crippen molar-refractivity contribution in [1.29, 1.82) is 0 Å². The molecule has 0 atom stereocenters. The molecular weight excluding hydrogens is 324 g/mol. The van der Waals surface area contributed by atoms with Gasteiger partial charge in [0.15, 0.2) is 17.3 Å². The van der Waals surface area contributed by atoms with E-state index in [1.165, 1.54) is 13.2 Å². The molecule has 6 heteroatoms. The quantitative estimate of drug-likeness (QED) is 0.473. The molecule has 0 saturated heterocycles. The van der Waals surface area contributed by atoms with Gasteiger partial charge in [-0.3, -0.25) is 4.79 Å². The summed E-state index contributed by atoms with van der Waals surface area (Å²) >= 11 is 0. The Morgan fingerprint density at radius 3 is 2.32 bits per heavy atom. The van der Waals surface area contributed by atoms with Gasteiger partial charge in [0.05, 0.1) is 19.8 Å². The first-order valence-electron chi connectivity index (χ1n) is 7.51. The average Bonchev–Trinajstić information content (AvgIpc) is 3.13. The summed E-state index contributed by atoms with van der Waals surface area (Å²) in [5.74, 6) is 0.824. The van der Waals surface area contributed by atoms with Crippen LogP contribution in [0.25, 0.3) is 5.57 Å². The van der Waals surface area contributed by atoms with Gasteiger partial charge in [-0.25, -0.2) is 4.79 Å². The molecule has 2 aromatic rings. The van der Waals surface area contributed by atoms with E-state index < -0.39 is 5.97 Å². The number of ether oxygens (including phenoxy) is 4. The van der Waals surface area contributed by atoms with Crippen LogP contribution in [0.3, 0.4) is 0 Å². The third-order valence-electron chi connectivity index (χ3n) is 3.74. The van der Waals surface area contributed by atoms with Gasteiger partial charge in [0.25, 0.3) is 0 Å². The van der Waals surface area contributed by atoms with Crippen LogP contribution in [-0.2, 0) is 9.53 Å². The highest BCUT2D eigenvalue weighted by atomic mass is 16.7. The third-order valence-corrected chi connectivity index (χ3v) is 3.74. The SMILES string of the molecule is COC(=O)/C(=C\C(=O)c1ccc(OC)cc1)c1ccc2c(c1)OCO2. The van der Waals surface area contributed by atoms with Crippen molar-refractivity contribution in [2.45, 2.75) is 0 Å². The Hall–Kier alpha value is -3.28. The van der Waals surface area contributed by atoms with Crippen LogP contribution >= 0.6 is 0 Å². The zero-order valence-electron chi connectivity index (χ0n) is 13.8. The van der Waals surface area contributed by atoms with Gasteiger partial charge in [0.1, 0.15) is 5.75 Å². The van der Waals surface area contributed by atoms with E-state index in [4.69, 9.17) is 18.9 Å². The molecule has 1 aliphatic heterocycles. The van der Waals surface area contributed by atoms with Crippen LogP contribution in [0.4, 0.5) is 0 Å². The molecule has 0 N–H and O–H groups in total. The molecule has 0 aromatic heterocycles. The molecule has 1 aliphatic rings. The fourth-order valence-electron chi connectivity index (χ4n) is 2.40. The summed E-state index contributed by atoms with van der Waals surface area (Å²) < 4.78 is 20.5. The number of rotatable bonds is 5. The van der Waals surface area contributed by atoms with Gasteiger partial charge in [-0.2, -0.15) is 0 Å². The van der Waals surface area contributed by atoms with Crippen molar-refractivity contribution in [3.63, 3.8) is 0 Å². The number of carbonyl (C=O) groups excluding carboxylic acids is 2. The molecule has 0 fully saturated rings. The number of esters is 1. The lowest BCUT2D eigenvalue weighted by Gasteiger charge is -2.07. The Balaban J connectivity index is 1.95. The zero-order valence-corrected chi connectivity index (χ0v) is 13.8. The summed E-state index contributed by atoms with van der Waals surface area (Å²) in [7, 11) is 2.81. The van der Waals surface area contributed by atoms with Crippen molar-refractivity contribution in [3.8, 4) is 17.2 Å². The molecular formula is C19H16O6. The van der Waals surface area contributed by atoms with Crippen LogP contribution in [-0.4, -0.2) is 32.8 Å². The standard InChI is InChI=1S/C19H16O6/c1-22-14-6-3-12(4-7-14)16(20)10-15(19(21)23-2)13-5-8-17-18(9-13)25-11-24-17/h3-10H,11H2,1-2H3/b15-10-. The largest absolute Gasteiger partial charge is 0.497 e. The van der Waals surface area contributed by atoms with Crippen LogP contribution in [0.2, 0.25) is 0 Å². The van der Waals surface area contributed by atoms with E-state index in [1.807, 2.05) is 0 Å². The first kappa shape index (κ1) is 16.6. The van der Waals surface area contributed by atoms with E-state index in [0.717, 1.165) is 0 Å². The van der Waals surface area contributed by atoms with Gasteiger partial charge >= 0.3 is 5.97 Å². The summed E-state index contributed by atoms with van der Waals surface area (Å²) in [6.07, 6.45) is 1.26. The van der Waals surface area contributed by atoms with Gasteiger partial charge < -0.3 is 18.9 Å². The highest BCUT2D eigenvalue weighted by Gasteiger charge is 2.20. The Morgan fingerprint density at radius 1 is 0.960 bits per heavy atom. The number of carbonyl (C=O) groups is 2. The van der Waals surface area contributed by atoms with Crippen LogP contribution in [0.1, 0.15) is 15.9 Å². The van der Waals surface area contributed by atoms with Crippen LogP contribution in [0, 0.1) is 0 Å². The van der Waals surface area contributed by atoms with Gasteiger partial charge in [0, 0.05) is 11.6 Å². The number of hydrogen-bond acceptors (Lipinski definition) is 6. The Labute approximate surface area is 144 Å². The number of fused-ring (bicyclic) bond motifs is 1. The predicted octanol–water partition coefficient (Wildman–Crippen LogP) is 2.86. The second kappa shape index (κ2) is 7.09. The molecule has 1 heterocycles. The molecule has 0 bridgehead atoms. The van der Waals surface area contributed by atoms with Gasteiger partial charge in [-0.05, 0) is 42.0 Å². The van der Waals surface area contributed by atoms with E-state index in [-0.39, 0.29) is 18.1 Å². The summed E-state index contributed by atoms with van der Waals surface area (Å²) in [6.45, 7) is 0.126. The number of hydrogen-bond donors (Lipinski definition) is 0. The van der Waals surface area contributed by atoms with Crippen LogP contribution in [0.15, 0.2) is 48.5 Å². The highest BCUT2D eigenvalue weighted by molar-refractivity contribution is 6.23. The Kier molecular flexibility index (Phi) is 4.70. The van der Waals surface area contributed by atoms with Crippen LogP contribution in [0.5, 0.6) is 17.2 Å². The maximum absolute atomic E-state index is 12.5. The lowest BCUT2D eigenvalue weighted by molar-refractivity contribution is -0.133. The van der Waals surface area contributed by atoms with E-state index in [1.54, 1.807) is 49.6 Å². The molecule has 0 radical (unpaired) electrons. The fourth-order valence-corrected chi connectivity index (χ4v) is 2.40. The summed E-state index contributed by atoms with van der Waals surface area (Å²) in [4.78, 5) is 24.6. The third kappa shape index (κ3) is 3.47. The lowest BCUT2D eigenvalue weighted by Crippen LogP contribution is -2.07. The molecule has 6 nitrogen and oxygen atoms in total. The first-order chi connectivity index (χ1) is 12.1. The molecule has 25 heavy (non-hydrogen) atoms. The molecule has 0 unspecified atom stereocenters. The predicted molar refractivity (Wildman–Crippen MR) is 89.9 cm³/mol. The minimum Gasteiger partial charge on any atom is -0.497 e. The van der Waals surface area contributed by atoms with Gasteiger partial charge in [-0.1, -0.05) is 6.07 Å².